The number of anilines is 2. The van der Waals surface area contributed by atoms with Crippen molar-refractivity contribution < 1.29 is 37.6 Å². The number of aromatic amines is 1. The summed E-state index contributed by atoms with van der Waals surface area (Å²) in [5.74, 6) is -6.10. The summed E-state index contributed by atoms with van der Waals surface area (Å²) in [6, 6.07) is 3.96. The minimum Gasteiger partial charge on any atom is -0.480 e. The number of nitrogens with zero attached hydrogens (tertiary/aromatic N) is 3. The third-order valence-electron chi connectivity index (χ3n) is 9.25. The average Bonchev–Trinajstić information content (AvgIpc) is 3.09. The Morgan fingerprint density at radius 2 is 1.50 bits per heavy atom. The highest BCUT2D eigenvalue weighted by Gasteiger charge is 2.59. The van der Waals surface area contributed by atoms with Crippen molar-refractivity contribution in [2.75, 3.05) is 11.1 Å². The minimum atomic E-state index is -5.36. The summed E-state index contributed by atoms with van der Waals surface area (Å²) in [6.45, 7) is 4.23. The summed E-state index contributed by atoms with van der Waals surface area (Å²) in [5, 5.41) is 26.3. The summed E-state index contributed by atoms with van der Waals surface area (Å²) >= 11 is 0. The second-order valence-corrected chi connectivity index (χ2v) is 14.7. The van der Waals surface area contributed by atoms with Crippen molar-refractivity contribution in [1.82, 2.24) is 25.3 Å². The molecule has 52 heavy (non-hydrogen) atoms. The molecule has 17 heteroatoms. The standard InChI is InChI=1S/C35H51N7O9S/c1-3-5-7-9-11-13-15-26(35(33(47)48,52(49,50)51)20-14-12-10-8-6-4-2)27(32(45)46)40-30(43)23-16-18-24(19-17-23)37-21-25-22-38-29-28(39-25)31(44)42-34(36)41-29/h16-19,22,26-27,37H,3-15,20-21H2,1-2H3,(H,40,43)(H,45,46)(H,47,48)(H,49,50,51)(H3,36,38,41,42,44)/t26?,27-,35?/m0/s1. The quantitative estimate of drug-likeness (QED) is 0.0474. The van der Waals surface area contributed by atoms with Crippen LogP contribution in [-0.4, -0.2) is 71.8 Å². The van der Waals surface area contributed by atoms with Gasteiger partial charge in [-0.3, -0.25) is 23.9 Å². The van der Waals surface area contributed by atoms with Gasteiger partial charge in [0.2, 0.25) is 5.95 Å². The van der Waals surface area contributed by atoms with E-state index < -0.39 is 56.7 Å². The zero-order chi connectivity index (χ0) is 38.3. The number of unbranched alkanes of at least 4 members (excludes halogenated alkanes) is 10. The van der Waals surface area contributed by atoms with Gasteiger partial charge >= 0.3 is 11.9 Å². The van der Waals surface area contributed by atoms with Gasteiger partial charge < -0.3 is 26.6 Å². The van der Waals surface area contributed by atoms with Crippen molar-refractivity contribution >= 4 is 50.8 Å². The van der Waals surface area contributed by atoms with E-state index in [0.717, 1.165) is 51.4 Å². The first-order valence-electron chi connectivity index (χ1n) is 17.8. The molecule has 2 unspecified atom stereocenters. The largest absolute Gasteiger partial charge is 0.480 e. The molecule has 1 amide bonds. The predicted octanol–water partition coefficient (Wildman–Crippen LogP) is 4.92. The first-order valence-corrected chi connectivity index (χ1v) is 19.3. The van der Waals surface area contributed by atoms with Crippen LogP contribution in [0.15, 0.2) is 35.3 Å². The highest BCUT2D eigenvalue weighted by Crippen LogP contribution is 2.39. The third kappa shape index (κ3) is 11.2. The number of H-pyrrole nitrogens is 1. The van der Waals surface area contributed by atoms with Crippen LogP contribution >= 0.6 is 0 Å². The number of benzene rings is 1. The Labute approximate surface area is 303 Å². The highest BCUT2D eigenvalue weighted by molar-refractivity contribution is 7.88. The lowest BCUT2D eigenvalue weighted by molar-refractivity contribution is -0.146. The van der Waals surface area contributed by atoms with E-state index in [0.29, 0.717) is 30.6 Å². The van der Waals surface area contributed by atoms with Crippen LogP contribution in [0.4, 0.5) is 11.6 Å². The Hall–Kier alpha value is -4.64. The number of carboxylic acid groups (broad SMARTS) is 2. The van der Waals surface area contributed by atoms with Crippen LogP contribution in [0.5, 0.6) is 0 Å². The highest BCUT2D eigenvalue weighted by atomic mass is 32.2. The topological polar surface area (TPSA) is 268 Å². The Balaban J connectivity index is 1.84. The van der Waals surface area contributed by atoms with Gasteiger partial charge in [0.25, 0.3) is 21.6 Å². The molecule has 0 saturated carbocycles. The molecule has 0 radical (unpaired) electrons. The van der Waals surface area contributed by atoms with Gasteiger partial charge in [-0.1, -0.05) is 90.9 Å². The van der Waals surface area contributed by atoms with Crippen LogP contribution in [0.1, 0.15) is 120 Å². The third-order valence-corrected chi connectivity index (χ3v) is 10.9. The predicted molar refractivity (Wildman–Crippen MR) is 196 cm³/mol. The van der Waals surface area contributed by atoms with Crippen molar-refractivity contribution in [3.8, 4) is 0 Å². The van der Waals surface area contributed by atoms with Gasteiger partial charge in [0.05, 0.1) is 18.4 Å². The number of hydrogen-bond donors (Lipinski definition) is 7. The van der Waals surface area contributed by atoms with Gasteiger partial charge in [-0.15, -0.1) is 0 Å². The molecular formula is C35H51N7O9S. The molecule has 1 aromatic carbocycles. The molecule has 0 aliphatic carbocycles. The van der Waals surface area contributed by atoms with E-state index in [2.05, 4.69) is 37.5 Å². The first kappa shape index (κ1) is 41.8. The number of carboxylic acids is 2. The van der Waals surface area contributed by atoms with Gasteiger partial charge in [0.1, 0.15) is 6.04 Å². The van der Waals surface area contributed by atoms with E-state index in [4.69, 9.17) is 5.73 Å². The lowest BCUT2D eigenvalue weighted by Crippen LogP contribution is -2.61. The molecule has 286 valence electrons. The molecule has 3 aromatic rings. The molecule has 0 aliphatic rings. The minimum absolute atomic E-state index is 0.0104. The van der Waals surface area contributed by atoms with Crippen LogP contribution < -0.4 is 21.9 Å². The first-order chi connectivity index (χ1) is 24.7. The number of aliphatic carboxylic acids is 2. The van der Waals surface area contributed by atoms with Crippen molar-refractivity contribution in [1.29, 1.82) is 0 Å². The fraction of sp³-hybridized carbons (Fsp3) is 0.571. The Bertz CT molecular complexity index is 1820. The van der Waals surface area contributed by atoms with Crippen molar-refractivity contribution in [3.05, 3.63) is 52.1 Å². The second kappa shape index (κ2) is 19.8. The van der Waals surface area contributed by atoms with E-state index in [1.54, 1.807) is 12.1 Å². The summed E-state index contributed by atoms with van der Waals surface area (Å²) in [4.78, 5) is 66.0. The Morgan fingerprint density at radius 1 is 0.904 bits per heavy atom. The molecule has 8 N–H and O–H groups in total. The lowest BCUT2D eigenvalue weighted by atomic mass is 9.78. The van der Waals surface area contributed by atoms with E-state index in [-0.39, 0.29) is 42.1 Å². The van der Waals surface area contributed by atoms with E-state index >= 15 is 0 Å². The molecule has 16 nitrogen and oxygen atoms in total. The fourth-order valence-electron chi connectivity index (χ4n) is 6.41. The second-order valence-electron chi connectivity index (χ2n) is 13.1. The number of aromatic nitrogens is 4. The maximum atomic E-state index is 13.5. The number of fused-ring (bicyclic) bond motifs is 1. The van der Waals surface area contributed by atoms with Gasteiger partial charge in [-0.05, 0) is 37.1 Å². The SMILES string of the molecule is CCCCCCCCC([C@H](NC(=O)c1ccc(NCc2cnc3nc(N)[nH]c(=O)c3n2)cc1)C(=O)O)C(CCCCCCCC)(C(=O)O)S(=O)(=O)O. The summed E-state index contributed by atoms with van der Waals surface area (Å²) in [5.41, 5.74) is 6.08. The molecule has 3 rings (SSSR count). The molecule has 2 heterocycles. The molecule has 0 fully saturated rings. The number of amides is 1. The molecule has 0 saturated heterocycles. The number of carbonyl (C=O) groups excluding carboxylic acids is 1. The Morgan fingerprint density at radius 3 is 2.08 bits per heavy atom. The van der Waals surface area contributed by atoms with Gasteiger partial charge in [0.15, 0.2) is 15.9 Å². The van der Waals surface area contributed by atoms with Gasteiger partial charge in [-0.2, -0.15) is 13.4 Å². The summed E-state index contributed by atoms with van der Waals surface area (Å²) < 4.78 is 33.9. The summed E-state index contributed by atoms with van der Waals surface area (Å²) in [7, 11) is -5.36. The van der Waals surface area contributed by atoms with E-state index in [1.165, 1.54) is 18.3 Å². The number of nitrogens with one attached hydrogen (secondary N) is 3. The lowest BCUT2D eigenvalue weighted by Gasteiger charge is -2.38. The monoisotopic (exact) mass is 745 g/mol. The molecule has 0 bridgehead atoms. The molecule has 3 atom stereocenters. The maximum absolute atomic E-state index is 13.5. The molecular weight excluding hydrogens is 694 g/mol. The average molecular weight is 746 g/mol. The van der Waals surface area contributed by atoms with Crippen molar-refractivity contribution in [2.45, 2.75) is 121 Å². The van der Waals surface area contributed by atoms with Gasteiger partial charge in [-0.25, -0.2) is 14.8 Å². The fourth-order valence-corrected chi connectivity index (χ4v) is 7.67. The van der Waals surface area contributed by atoms with E-state index in [1.807, 2.05) is 6.92 Å². The zero-order valence-electron chi connectivity index (χ0n) is 29.8. The molecule has 0 spiro atoms. The molecule has 2 aromatic heterocycles. The van der Waals surface area contributed by atoms with Crippen molar-refractivity contribution in [3.63, 3.8) is 0 Å². The van der Waals surface area contributed by atoms with Gasteiger partial charge in [0, 0.05) is 17.2 Å². The van der Waals surface area contributed by atoms with Crippen LogP contribution in [0.25, 0.3) is 11.2 Å². The van der Waals surface area contributed by atoms with Crippen LogP contribution in [0.3, 0.4) is 0 Å². The summed E-state index contributed by atoms with van der Waals surface area (Å²) in [6.07, 6.45) is 9.48. The number of hydrogen-bond acceptors (Lipinski definition) is 11. The normalized spacial score (nSPS) is 14.0. The Kier molecular flexibility index (Phi) is 15.9. The molecule has 0 aliphatic heterocycles. The van der Waals surface area contributed by atoms with Crippen molar-refractivity contribution in [2.24, 2.45) is 5.92 Å². The number of carbonyl (C=O) groups is 3. The van der Waals surface area contributed by atoms with E-state index in [9.17, 15) is 42.4 Å². The van der Waals surface area contributed by atoms with Crippen LogP contribution in [0, 0.1) is 5.92 Å². The number of nitrogens with two attached hydrogens (primary N) is 1. The number of rotatable bonds is 24. The maximum Gasteiger partial charge on any atom is 0.327 e. The van der Waals surface area contributed by atoms with Crippen LogP contribution in [0.2, 0.25) is 0 Å². The smallest absolute Gasteiger partial charge is 0.327 e. The number of nitrogen functional groups attached to an aromatic ring is 1. The zero-order valence-corrected chi connectivity index (χ0v) is 30.6. The van der Waals surface area contributed by atoms with Crippen LogP contribution in [-0.2, 0) is 26.3 Å².